The highest BCUT2D eigenvalue weighted by Crippen LogP contribution is 2.63. The molecule has 2 aliphatic carbocycles. The van der Waals surface area contributed by atoms with Crippen molar-refractivity contribution in [2.75, 3.05) is 62.4 Å². The molecule has 14 aromatic rings. The Labute approximate surface area is 616 Å². The monoisotopic (exact) mass is 1370 g/mol. The van der Waals surface area contributed by atoms with Crippen molar-refractivity contribution in [1.29, 1.82) is 0 Å². The third-order valence-electron chi connectivity index (χ3n) is 23.5. The normalized spacial score (nSPS) is 20.8. The quantitative estimate of drug-likeness (QED) is 0.163. The van der Waals surface area contributed by atoms with Gasteiger partial charge in [0, 0.05) is 115 Å². The molecule has 22 rings (SSSR count). The molecule has 0 radical (unpaired) electrons. The van der Waals surface area contributed by atoms with Crippen molar-refractivity contribution in [1.82, 2.24) is 0 Å². The van der Waals surface area contributed by atoms with Crippen LogP contribution >= 0.6 is 0 Å². The number of nitrogens with zero attached hydrogens (tertiary/aromatic N) is 2. The molecule has 8 nitrogen and oxygen atoms in total. The van der Waals surface area contributed by atoms with Crippen molar-refractivity contribution in [2.45, 2.75) is 36.3 Å². The maximum Gasteiger partial charge on any atom is 0.180 e. The van der Waals surface area contributed by atoms with Crippen molar-refractivity contribution in [3.05, 3.63) is 369 Å². The first-order valence-electron chi connectivity index (χ1n) is 37.2. The largest absolute Gasteiger partial charge is 0.473 e. The molecule has 4 unspecified atom stereocenters. The fourth-order valence-electron chi connectivity index (χ4n) is 18.4. The Bertz CT molecular complexity index is 6090. The lowest BCUT2D eigenvalue weighted by Gasteiger charge is -2.40. The van der Waals surface area contributed by atoms with Crippen LogP contribution < -0.4 is 28.7 Å². The SMILES string of the molecule is C1=CC(c2ccccc2)(c2ccc(N3CCOCC3)cc2)Oc2c1c1c(c3ccccc23)-c2ccccc2C12C=Cc1c(ccc3ccccc13)O2.Cc1ccc2c(c1)C1(C=Cc3c(ccc4ccccc34)O1)c1c3c(c4cc(C)ccc4c1-2)OC(c1ccccc1)(c1ccc(N2CCOCC2)cc1)C=C3. The number of rotatable bonds is 6. The third-order valence-corrected chi connectivity index (χ3v) is 23.5. The predicted octanol–water partition coefficient (Wildman–Crippen LogP) is 21.6. The molecular weight excluding hydrogens is 1300 g/mol. The molecule has 0 bridgehead atoms. The van der Waals surface area contributed by atoms with Crippen LogP contribution in [0.15, 0.2) is 291 Å². The van der Waals surface area contributed by atoms with Crippen molar-refractivity contribution in [3.63, 3.8) is 0 Å². The van der Waals surface area contributed by atoms with Gasteiger partial charge in [0.15, 0.2) is 22.4 Å². The molecule has 2 spiro atoms. The van der Waals surface area contributed by atoms with E-state index in [9.17, 15) is 0 Å². The average molecular weight is 1380 g/mol. The Morgan fingerprint density at radius 2 is 0.698 bits per heavy atom. The van der Waals surface area contributed by atoms with E-state index >= 15 is 0 Å². The second-order valence-electron chi connectivity index (χ2n) is 29.3. The minimum absolute atomic E-state index is 0.751. The van der Waals surface area contributed by atoms with Gasteiger partial charge in [-0.3, -0.25) is 0 Å². The van der Waals surface area contributed by atoms with Gasteiger partial charge in [-0.25, -0.2) is 0 Å². The molecule has 0 amide bonds. The highest BCUT2D eigenvalue weighted by molar-refractivity contribution is 6.11. The summed E-state index contributed by atoms with van der Waals surface area (Å²) >= 11 is 0. The third kappa shape index (κ3) is 9.40. The summed E-state index contributed by atoms with van der Waals surface area (Å²) in [4.78, 5) is 4.79. The summed E-state index contributed by atoms with van der Waals surface area (Å²) in [6.45, 7) is 10.9. The van der Waals surface area contributed by atoms with Gasteiger partial charge in [-0.15, -0.1) is 0 Å². The first kappa shape index (κ1) is 62.4. The van der Waals surface area contributed by atoms with Crippen LogP contribution in [0.25, 0.3) is 89.6 Å². The van der Waals surface area contributed by atoms with E-state index < -0.39 is 22.4 Å². The van der Waals surface area contributed by atoms with Crippen LogP contribution in [-0.4, -0.2) is 52.6 Å². The summed E-state index contributed by atoms with van der Waals surface area (Å²) < 4.78 is 41.3. The van der Waals surface area contributed by atoms with Gasteiger partial charge in [-0.05, 0) is 147 Å². The smallest absolute Gasteiger partial charge is 0.180 e. The topological polar surface area (TPSA) is 61.9 Å². The molecule has 2 saturated heterocycles. The van der Waals surface area contributed by atoms with Gasteiger partial charge in [0.05, 0.1) is 26.4 Å². The van der Waals surface area contributed by atoms with Crippen molar-refractivity contribution in [3.8, 4) is 45.3 Å². The first-order valence-corrected chi connectivity index (χ1v) is 37.2. The van der Waals surface area contributed by atoms with E-state index in [0.29, 0.717) is 0 Å². The number of morpholine rings is 2. The van der Waals surface area contributed by atoms with E-state index in [1.165, 1.54) is 66.3 Å². The Morgan fingerprint density at radius 3 is 1.25 bits per heavy atom. The maximum atomic E-state index is 7.65. The fourth-order valence-corrected chi connectivity index (χ4v) is 18.4. The van der Waals surface area contributed by atoms with Crippen LogP contribution in [0, 0.1) is 13.8 Å². The van der Waals surface area contributed by atoms with E-state index in [1.807, 2.05) is 0 Å². The van der Waals surface area contributed by atoms with Gasteiger partial charge in [0.2, 0.25) is 0 Å². The van der Waals surface area contributed by atoms with Crippen LogP contribution in [0.4, 0.5) is 11.4 Å². The van der Waals surface area contributed by atoms with Gasteiger partial charge in [0.25, 0.3) is 0 Å². The fraction of sp³-hybridized carbons (Fsp3) is 0.143. The van der Waals surface area contributed by atoms with Gasteiger partial charge >= 0.3 is 0 Å². The Balaban J connectivity index is 0.000000136. The summed E-state index contributed by atoms with van der Waals surface area (Å²) in [6, 6.07) is 95.8. The van der Waals surface area contributed by atoms with Crippen LogP contribution in [0.5, 0.6) is 23.0 Å². The van der Waals surface area contributed by atoms with Gasteiger partial charge in [0.1, 0.15) is 23.0 Å². The molecule has 106 heavy (non-hydrogen) atoms. The average Bonchev–Trinajstić information content (AvgIpc) is 1.50. The highest BCUT2D eigenvalue weighted by atomic mass is 16.5. The van der Waals surface area contributed by atoms with Gasteiger partial charge in [-0.2, -0.15) is 0 Å². The minimum atomic E-state index is -0.854. The molecule has 0 N–H and O–H groups in total. The summed E-state index contributed by atoms with van der Waals surface area (Å²) in [5.41, 5.74) is 19.4. The van der Waals surface area contributed by atoms with Gasteiger partial charge in [-0.1, -0.05) is 248 Å². The highest BCUT2D eigenvalue weighted by Gasteiger charge is 2.53. The maximum absolute atomic E-state index is 7.65. The molecule has 8 aliphatic rings. The van der Waals surface area contributed by atoms with Crippen LogP contribution in [-0.2, 0) is 31.9 Å². The number of aryl methyl sites for hydroxylation is 2. The number of fused-ring (bicyclic) bond motifs is 26. The molecule has 2 fully saturated rings. The number of hydrogen-bond donors (Lipinski definition) is 0. The summed E-state index contributed by atoms with van der Waals surface area (Å²) in [6.07, 6.45) is 18.3. The Hall–Kier alpha value is -12.2. The number of anilines is 2. The molecule has 4 atom stereocenters. The summed E-state index contributed by atoms with van der Waals surface area (Å²) in [5, 5.41) is 9.29. The van der Waals surface area contributed by atoms with E-state index in [2.05, 4.69) is 339 Å². The second-order valence-corrected chi connectivity index (χ2v) is 29.3. The van der Waals surface area contributed by atoms with Crippen molar-refractivity contribution in [2.24, 2.45) is 0 Å². The Kier molecular flexibility index (Phi) is 14.2. The second kappa shape index (κ2) is 24.2. The first-order chi connectivity index (χ1) is 52.3. The van der Waals surface area contributed by atoms with E-state index in [4.69, 9.17) is 28.4 Å². The number of hydrogen-bond acceptors (Lipinski definition) is 8. The van der Waals surface area contributed by atoms with Crippen molar-refractivity contribution < 1.29 is 28.4 Å². The molecule has 0 saturated carbocycles. The zero-order valence-electron chi connectivity index (χ0n) is 59.0. The van der Waals surface area contributed by atoms with Crippen LogP contribution in [0.1, 0.15) is 77.9 Å². The molecule has 512 valence electrons. The molecule has 6 aliphatic heterocycles. The standard InChI is InChI=1S/C50H39NO3.C48H35NO3/c1-32-12-19-40-43(30-32)48-42(23-24-49(54-48,35-9-4-3-5-10-35)36-15-17-37(18-16-36)51-26-28-52-29-27-51)47-46(40)41-20-13-33(2)31-44(41)50(47)25-22-39-38-11-7-6-8-34(38)14-21-45(39)53-50;1-2-11-33(12-3-1)47(34-19-21-35(22-20-34)49-28-30-50-31-29-49)26-25-41-45-44(38-14-6-7-15-39(38)46(41)52-47)40-16-8-9-17-42(40)48(45)27-24-37-36-13-5-4-10-32(36)18-23-43(37)51-48/h3-25,30-31H,26-29H2,1-2H3;1-27H,28-31H2. The molecule has 14 aromatic carbocycles. The van der Waals surface area contributed by atoms with E-state index in [0.717, 1.165) is 164 Å². The van der Waals surface area contributed by atoms with Crippen LogP contribution in [0.3, 0.4) is 0 Å². The zero-order chi connectivity index (χ0) is 70.3. The molecule has 6 heterocycles. The lowest BCUT2D eigenvalue weighted by molar-refractivity contribution is 0.122. The van der Waals surface area contributed by atoms with E-state index in [1.54, 1.807) is 0 Å². The predicted molar refractivity (Wildman–Crippen MR) is 430 cm³/mol. The summed E-state index contributed by atoms with van der Waals surface area (Å²) in [5.74, 6) is 3.51. The number of ether oxygens (including phenoxy) is 6. The zero-order valence-corrected chi connectivity index (χ0v) is 59.0. The van der Waals surface area contributed by atoms with Gasteiger partial charge < -0.3 is 38.2 Å². The van der Waals surface area contributed by atoms with Crippen molar-refractivity contribution >= 4 is 78.8 Å². The number of benzene rings is 14. The minimum Gasteiger partial charge on any atom is -0.473 e. The molecular formula is C98H74N2O6. The van der Waals surface area contributed by atoms with Crippen LogP contribution in [0.2, 0.25) is 0 Å². The van der Waals surface area contributed by atoms with E-state index in [-0.39, 0.29) is 0 Å². The lowest BCUT2D eigenvalue weighted by atomic mass is 9.79. The summed E-state index contributed by atoms with van der Waals surface area (Å²) in [7, 11) is 0. The Morgan fingerprint density at radius 1 is 0.292 bits per heavy atom. The molecule has 0 aromatic heterocycles. The lowest BCUT2D eigenvalue weighted by Crippen LogP contribution is -2.37. The molecule has 8 heteroatoms.